The minimum atomic E-state index is -0.404. The lowest BCUT2D eigenvalue weighted by molar-refractivity contribution is -0.113. The van der Waals surface area contributed by atoms with E-state index >= 15 is 0 Å². The first kappa shape index (κ1) is 18.0. The van der Waals surface area contributed by atoms with Crippen molar-refractivity contribution in [3.05, 3.63) is 64.4 Å². The maximum atomic E-state index is 13.4. The number of allylic oxidation sites excluding steroid dienone is 1. The number of hydrogen-bond acceptors (Lipinski definition) is 5. The van der Waals surface area contributed by atoms with Gasteiger partial charge in [0.15, 0.2) is 0 Å². The fourth-order valence-electron chi connectivity index (χ4n) is 3.70. The van der Waals surface area contributed by atoms with Crippen LogP contribution in [0.15, 0.2) is 42.0 Å². The van der Waals surface area contributed by atoms with Crippen LogP contribution < -0.4 is 10.6 Å². The molecule has 0 saturated heterocycles. The lowest BCUT2D eigenvalue weighted by atomic mass is 9.95. The van der Waals surface area contributed by atoms with Crippen molar-refractivity contribution in [1.29, 1.82) is 0 Å². The number of fused-ring (bicyclic) bond motifs is 1. The standard InChI is InChI=1S/C20H23N7O/c1-11-6-7-16(12(2)8-11)24-19(28)17-14(4)23-20-21-10-22-27(20)18(17)15-9-26(5)25-13(15)3/h6-10,18H,1-5H3,(H,24,28)(H,21,22,23)/t18-/m1/s1. The zero-order valence-electron chi connectivity index (χ0n) is 16.6. The number of rotatable bonds is 3. The molecule has 0 spiro atoms. The lowest BCUT2D eigenvalue weighted by Crippen LogP contribution is -2.31. The molecule has 1 aromatic carbocycles. The topological polar surface area (TPSA) is 89.7 Å². The van der Waals surface area contributed by atoms with Crippen LogP contribution in [0.3, 0.4) is 0 Å². The second-order valence-corrected chi connectivity index (χ2v) is 7.21. The van der Waals surface area contributed by atoms with Gasteiger partial charge in [-0.3, -0.25) is 9.48 Å². The molecule has 8 heteroatoms. The summed E-state index contributed by atoms with van der Waals surface area (Å²) < 4.78 is 3.48. The fourth-order valence-corrected chi connectivity index (χ4v) is 3.70. The van der Waals surface area contributed by atoms with E-state index in [1.807, 2.05) is 59.1 Å². The minimum absolute atomic E-state index is 0.175. The van der Waals surface area contributed by atoms with Crippen LogP contribution in [0.2, 0.25) is 0 Å². The van der Waals surface area contributed by atoms with E-state index in [0.29, 0.717) is 11.5 Å². The van der Waals surface area contributed by atoms with Gasteiger partial charge in [-0.2, -0.15) is 15.2 Å². The van der Waals surface area contributed by atoms with Gasteiger partial charge in [-0.25, -0.2) is 4.68 Å². The number of carbonyl (C=O) groups excluding carboxylic acids is 1. The highest BCUT2D eigenvalue weighted by atomic mass is 16.1. The van der Waals surface area contributed by atoms with E-state index in [2.05, 4.69) is 25.8 Å². The van der Waals surface area contributed by atoms with E-state index in [0.717, 1.165) is 33.8 Å². The van der Waals surface area contributed by atoms with Gasteiger partial charge in [0, 0.05) is 30.2 Å². The molecule has 28 heavy (non-hydrogen) atoms. The van der Waals surface area contributed by atoms with Crippen molar-refractivity contribution < 1.29 is 4.79 Å². The molecule has 0 saturated carbocycles. The molecular formula is C20H23N7O. The Morgan fingerprint density at radius 2 is 2.00 bits per heavy atom. The van der Waals surface area contributed by atoms with Crippen molar-refractivity contribution in [3.63, 3.8) is 0 Å². The van der Waals surface area contributed by atoms with Crippen molar-refractivity contribution in [3.8, 4) is 0 Å². The highest BCUT2D eigenvalue weighted by Gasteiger charge is 2.35. The Labute approximate surface area is 163 Å². The molecule has 0 radical (unpaired) electrons. The summed E-state index contributed by atoms with van der Waals surface area (Å²) >= 11 is 0. The lowest BCUT2D eigenvalue weighted by Gasteiger charge is -2.28. The number of nitrogens with one attached hydrogen (secondary N) is 2. The third-order valence-corrected chi connectivity index (χ3v) is 5.02. The number of nitrogens with zero attached hydrogens (tertiary/aromatic N) is 5. The van der Waals surface area contributed by atoms with Crippen LogP contribution in [0.25, 0.3) is 0 Å². The number of hydrogen-bond donors (Lipinski definition) is 2. The highest BCUT2D eigenvalue weighted by Crippen LogP contribution is 2.36. The number of anilines is 2. The van der Waals surface area contributed by atoms with Crippen molar-refractivity contribution in [2.75, 3.05) is 10.6 Å². The molecule has 4 rings (SSSR count). The van der Waals surface area contributed by atoms with Gasteiger partial charge < -0.3 is 10.6 Å². The summed E-state index contributed by atoms with van der Waals surface area (Å²) in [7, 11) is 1.87. The predicted molar refractivity (Wildman–Crippen MR) is 107 cm³/mol. The van der Waals surface area contributed by atoms with E-state index in [4.69, 9.17) is 0 Å². The Bertz CT molecular complexity index is 1110. The van der Waals surface area contributed by atoms with Crippen LogP contribution in [0, 0.1) is 20.8 Å². The Hall–Kier alpha value is -3.42. The summed E-state index contributed by atoms with van der Waals surface area (Å²) in [5, 5.41) is 15.1. The van der Waals surface area contributed by atoms with Gasteiger partial charge in [0.1, 0.15) is 12.4 Å². The summed E-state index contributed by atoms with van der Waals surface area (Å²) in [5.41, 5.74) is 6.07. The van der Waals surface area contributed by atoms with Crippen molar-refractivity contribution in [1.82, 2.24) is 24.5 Å². The van der Waals surface area contributed by atoms with Gasteiger partial charge in [-0.15, -0.1) is 0 Å². The van der Waals surface area contributed by atoms with Crippen molar-refractivity contribution in [2.45, 2.75) is 33.7 Å². The number of aryl methyl sites for hydroxylation is 4. The molecule has 1 amide bonds. The Balaban J connectivity index is 1.78. The summed E-state index contributed by atoms with van der Waals surface area (Å²) in [5.74, 6) is 0.431. The Kier molecular flexibility index (Phi) is 4.26. The number of amides is 1. The SMILES string of the molecule is CC1=C(C(=O)Nc2ccc(C)cc2C)[C@@H](c2cn(C)nc2C)n2ncnc2N1. The monoisotopic (exact) mass is 377 g/mol. The molecule has 1 atom stereocenters. The van der Waals surface area contributed by atoms with E-state index in [9.17, 15) is 4.79 Å². The zero-order valence-corrected chi connectivity index (χ0v) is 16.6. The molecule has 0 fully saturated rings. The van der Waals surface area contributed by atoms with Crippen molar-refractivity contribution in [2.24, 2.45) is 7.05 Å². The second-order valence-electron chi connectivity index (χ2n) is 7.21. The normalized spacial score (nSPS) is 16.0. The van der Waals surface area contributed by atoms with Crippen LogP contribution in [0.4, 0.5) is 11.6 Å². The molecule has 0 aliphatic carbocycles. The van der Waals surface area contributed by atoms with Crippen LogP contribution in [0.5, 0.6) is 0 Å². The molecule has 144 valence electrons. The van der Waals surface area contributed by atoms with E-state index in [1.165, 1.54) is 6.33 Å². The van der Waals surface area contributed by atoms with Crippen LogP contribution in [0.1, 0.15) is 35.3 Å². The third kappa shape index (κ3) is 2.96. The number of carbonyl (C=O) groups is 1. The largest absolute Gasteiger partial charge is 0.328 e. The minimum Gasteiger partial charge on any atom is -0.328 e. The smallest absolute Gasteiger partial charge is 0.255 e. The molecule has 1 aliphatic rings. The van der Waals surface area contributed by atoms with Crippen LogP contribution >= 0.6 is 0 Å². The van der Waals surface area contributed by atoms with Gasteiger partial charge >= 0.3 is 0 Å². The average Bonchev–Trinajstić information content (AvgIpc) is 3.21. The van der Waals surface area contributed by atoms with Gasteiger partial charge in [0.2, 0.25) is 5.95 Å². The van der Waals surface area contributed by atoms with E-state index < -0.39 is 6.04 Å². The number of benzene rings is 1. The molecule has 2 aromatic heterocycles. The van der Waals surface area contributed by atoms with Crippen molar-refractivity contribution >= 4 is 17.5 Å². The average molecular weight is 377 g/mol. The van der Waals surface area contributed by atoms with Crippen LogP contribution in [-0.4, -0.2) is 30.5 Å². The first-order valence-electron chi connectivity index (χ1n) is 9.11. The predicted octanol–water partition coefficient (Wildman–Crippen LogP) is 2.86. The molecule has 8 nitrogen and oxygen atoms in total. The summed E-state index contributed by atoms with van der Waals surface area (Å²) in [6.45, 7) is 7.84. The second kappa shape index (κ2) is 6.63. The molecule has 0 bridgehead atoms. The summed E-state index contributed by atoms with van der Waals surface area (Å²) in [6, 6.07) is 5.56. The fraction of sp³-hybridized carbons (Fsp3) is 0.300. The van der Waals surface area contributed by atoms with Gasteiger partial charge in [-0.1, -0.05) is 17.7 Å². The third-order valence-electron chi connectivity index (χ3n) is 5.02. The summed E-state index contributed by atoms with van der Waals surface area (Å²) in [6.07, 6.45) is 3.41. The van der Waals surface area contributed by atoms with E-state index in [1.54, 1.807) is 9.36 Å². The van der Waals surface area contributed by atoms with E-state index in [-0.39, 0.29) is 5.91 Å². The molecule has 3 heterocycles. The van der Waals surface area contributed by atoms with Gasteiger partial charge in [0.25, 0.3) is 5.91 Å². The molecule has 3 aromatic rings. The first-order chi connectivity index (χ1) is 13.3. The maximum absolute atomic E-state index is 13.4. The quantitative estimate of drug-likeness (QED) is 0.733. The maximum Gasteiger partial charge on any atom is 0.255 e. The Morgan fingerprint density at radius 1 is 1.21 bits per heavy atom. The summed E-state index contributed by atoms with van der Waals surface area (Å²) in [4.78, 5) is 17.6. The molecule has 1 aliphatic heterocycles. The van der Waals surface area contributed by atoms with Gasteiger partial charge in [0.05, 0.1) is 11.3 Å². The highest BCUT2D eigenvalue weighted by molar-refractivity contribution is 6.06. The molecule has 0 unspecified atom stereocenters. The first-order valence-corrected chi connectivity index (χ1v) is 9.11. The molecule has 2 N–H and O–H groups in total. The van der Waals surface area contributed by atoms with Crippen LogP contribution in [-0.2, 0) is 11.8 Å². The van der Waals surface area contributed by atoms with Gasteiger partial charge in [-0.05, 0) is 39.3 Å². The number of aromatic nitrogens is 5. The zero-order chi connectivity index (χ0) is 20.0. The molecular weight excluding hydrogens is 354 g/mol. The Morgan fingerprint density at radius 3 is 2.68 bits per heavy atom.